The number of piperidine rings is 1. The van der Waals surface area contributed by atoms with Gasteiger partial charge in [0, 0.05) is 29.5 Å². The SMILES string of the molecule is CSc1ccc(C)c(C(=O)N2CCC(c3nc4ccccc4[nH]3)CC2)c1. The molecule has 4 nitrogen and oxygen atoms in total. The lowest BCUT2D eigenvalue weighted by molar-refractivity contribution is 0.0710. The summed E-state index contributed by atoms with van der Waals surface area (Å²) < 4.78 is 0. The van der Waals surface area contributed by atoms with Crippen LogP contribution in [0.3, 0.4) is 0 Å². The molecule has 3 aromatic rings. The van der Waals surface area contributed by atoms with Crippen LogP contribution < -0.4 is 0 Å². The smallest absolute Gasteiger partial charge is 0.254 e. The number of fused-ring (bicyclic) bond motifs is 1. The van der Waals surface area contributed by atoms with Gasteiger partial charge in [-0.25, -0.2) is 4.98 Å². The summed E-state index contributed by atoms with van der Waals surface area (Å²) in [5, 5.41) is 0. The second kappa shape index (κ2) is 7.16. The summed E-state index contributed by atoms with van der Waals surface area (Å²) in [6.45, 7) is 3.57. The van der Waals surface area contributed by atoms with Gasteiger partial charge >= 0.3 is 0 Å². The maximum absolute atomic E-state index is 13.0. The number of amides is 1. The molecule has 0 saturated carbocycles. The second-order valence-electron chi connectivity index (χ2n) is 6.89. The fourth-order valence-electron chi connectivity index (χ4n) is 3.65. The lowest BCUT2D eigenvalue weighted by atomic mass is 9.95. The van der Waals surface area contributed by atoms with E-state index in [1.165, 1.54) is 0 Å². The first-order chi connectivity index (χ1) is 12.7. The molecule has 1 aliphatic heterocycles. The Labute approximate surface area is 158 Å². The Hall–Kier alpha value is -2.27. The summed E-state index contributed by atoms with van der Waals surface area (Å²) in [4.78, 5) is 24.3. The Balaban J connectivity index is 1.47. The van der Waals surface area contributed by atoms with Crippen LogP contribution in [-0.2, 0) is 0 Å². The molecule has 134 valence electrons. The number of rotatable bonds is 3. The molecule has 1 fully saturated rings. The third kappa shape index (κ3) is 3.23. The van der Waals surface area contributed by atoms with Gasteiger partial charge in [0.1, 0.15) is 5.82 Å². The fraction of sp³-hybridized carbons (Fsp3) is 0.333. The maximum atomic E-state index is 13.0. The van der Waals surface area contributed by atoms with Crippen molar-refractivity contribution in [3.8, 4) is 0 Å². The van der Waals surface area contributed by atoms with Crippen molar-refractivity contribution in [1.29, 1.82) is 0 Å². The lowest BCUT2D eigenvalue weighted by Gasteiger charge is -2.31. The summed E-state index contributed by atoms with van der Waals surface area (Å²) in [6.07, 6.45) is 3.94. The molecule has 0 aliphatic carbocycles. The average molecular weight is 366 g/mol. The number of nitrogens with zero attached hydrogens (tertiary/aromatic N) is 2. The number of H-pyrrole nitrogens is 1. The minimum absolute atomic E-state index is 0.154. The molecule has 1 aliphatic rings. The predicted octanol–water partition coefficient (Wildman–Crippen LogP) is 4.61. The van der Waals surface area contributed by atoms with Gasteiger partial charge in [0.05, 0.1) is 11.0 Å². The highest BCUT2D eigenvalue weighted by Crippen LogP contribution is 2.29. The zero-order valence-electron chi connectivity index (χ0n) is 15.2. The summed E-state index contributed by atoms with van der Waals surface area (Å²) >= 11 is 1.67. The Morgan fingerprint density at radius 1 is 1.19 bits per heavy atom. The van der Waals surface area contributed by atoms with Crippen molar-refractivity contribution in [2.75, 3.05) is 19.3 Å². The minimum atomic E-state index is 0.154. The Kier molecular flexibility index (Phi) is 4.72. The van der Waals surface area contributed by atoms with Crippen LogP contribution in [0, 0.1) is 6.92 Å². The van der Waals surface area contributed by atoms with Crippen molar-refractivity contribution in [2.24, 2.45) is 0 Å². The maximum Gasteiger partial charge on any atom is 0.254 e. The standard InChI is InChI=1S/C21H23N3OS/c1-14-7-8-16(26-2)13-17(14)21(25)24-11-9-15(10-12-24)20-22-18-5-3-4-6-19(18)23-20/h3-8,13,15H,9-12H2,1-2H3,(H,22,23). The molecule has 1 saturated heterocycles. The van der Waals surface area contributed by atoms with Crippen LogP contribution in [0.2, 0.25) is 0 Å². The fourth-order valence-corrected chi connectivity index (χ4v) is 4.09. The largest absolute Gasteiger partial charge is 0.342 e. The van der Waals surface area contributed by atoms with Crippen LogP contribution in [0.1, 0.15) is 40.5 Å². The van der Waals surface area contributed by atoms with Crippen LogP contribution in [0.4, 0.5) is 0 Å². The van der Waals surface area contributed by atoms with Gasteiger partial charge in [-0.15, -0.1) is 11.8 Å². The molecule has 5 heteroatoms. The number of aryl methyl sites for hydroxylation is 1. The number of nitrogens with one attached hydrogen (secondary N) is 1. The molecular formula is C21H23N3OS. The first kappa shape index (κ1) is 17.2. The number of aromatic amines is 1. The third-order valence-electron chi connectivity index (χ3n) is 5.25. The van der Waals surface area contributed by atoms with E-state index in [4.69, 9.17) is 4.98 Å². The van der Waals surface area contributed by atoms with E-state index in [9.17, 15) is 4.79 Å². The zero-order chi connectivity index (χ0) is 18.1. The quantitative estimate of drug-likeness (QED) is 0.689. The van der Waals surface area contributed by atoms with Gasteiger partial charge in [-0.3, -0.25) is 4.79 Å². The van der Waals surface area contributed by atoms with Crippen LogP contribution in [0.5, 0.6) is 0 Å². The van der Waals surface area contributed by atoms with E-state index in [1.54, 1.807) is 11.8 Å². The highest BCUT2D eigenvalue weighted by atomic mass is 32.2. The minimum Gasteiger partial charge on any atom is -0.342 e. The molecule has 2 heterocycles. The first-order valence-corrected chi connectivity index (χ1v) is 10.3. The molecule has 0 bridgehead atoms. The Morgan fingerprint density at radius 3 is 2.69 bits per heavy atom. The number of benzene rings is 2. The summed E-state index contributed by atoms with van der Waals surface area (Å²) in [7, 11) is 0. The molecule has 0 unspecified atom stereocenters. The van der Waals surface area contributed by atoms with E-state index in [-0.39, 0.29) is 5.91 Å². The number of aromatic nitrogens is 2. The lowest BCUT2D eigenvalue weighted by Crippen LogP contribution is -2.38. The Morgan fingerprint density at radius 2 is 1.96 bits per heavy atom. The summed E-state index contributed by atoms with van der Waals surface area (Å²) in [5.41, 5.74) is 3.99. The van der Waals surface area contributed by atoms with Gasteiger partial charge < -0.3 is 9.88 Å². The average Bonchev–Trinajstić information content (AvgIpc) is 3.12. The predicted molar refractivity (Wildman–Crippen MR) is 107 cm³/mol. The summed E-state index contributed by atoms with van der Waals surface area (Å²) in [6, 6.07) is 14.3. The molecule has 4 rings (SSSR count). The van der Waals surface area contributed by atoms with Crippen molar-refractivity contribution >= 4 is 28.7 Å². The first-order valence-electron chi connectivity index (χ1n) is 9.04. The highest BCUT2D eigenvalue weighted by molar-refractivity contribution is 7.98. The monoisotopic (exact) mass is 365 g/mol. The van der Waals surface area contributed by atoms with Crippen molar-refractivity contribution < 1.29 is 4.79 Å². The van der Waals surface area contributed by atoms with Gasteiger partial charge in [-0.05, 0) is 55.9 Å². The normalized spacial score (nSPS) is 15.5. The Bertz CT molecular complexity index is 908. The van der Waals surface area contributed by atoms with Crippen LogP contribution in [-0.4, -0.2) is 40.1 Å². The van der Waals surface area contributed by atoms with Gasteiger partial charge in [-0.1, -0.05) is 18.2 Å². The number of carbonyl (C=O) groups is 1. The highest BCUT2D eigenvalue weighted by Gasteiger charge is 2.27. The third-order valence-corrected chi connectivity index (χ3v) is 5.98. The molecule has 1 amide bonds. The number of para-hydroxylation sites is 2. The van der Waals surface area contributed by atoms with Crippen molar-refractivity contribution in [3.05, 3.63) is 59.4 Å². The number of likely N-dealkylation sites (tertiary alicyclic amines) is 1. The van der Waals surface area contributed by atoms with E-state index in [0.29, 0.717) is 5.92 Å². The number of imidazole rings is 1. The second-order valence-corrected chi connectivity index (χ2v) is 7.77. The molecule has 0 radical (unpaired) electrons. The molecule has 26 heavy (non-hydrogen) atoms. The van der Waals surface area contributed by atoms with Crippen LogP contribution >= 0.6 is 11.8 Å². The van der Waals surface area contributed by atoms with E-state index < -0.39 is 0 Å². The van der Waals surface area contributed by atoms with E-state index >= 15 is 0 Å². The van der Waals surface area contributed by atoms with Gasteiger partial charge in [0.15, 0.2) is 0 Å². The van der Waals surface area contributed by atoms with E-state index in [1.807, 2.05) is 48.4 Å². The van der Waals surface area contributed by atoms with Gasteiger partial charge in [0.25, 0.3) is 5.91 Å². The van der Waals surface area contributed by atoms with Crippen molar-refractivity contribution in [2.45, 2.75) is 30.6 Å². The molecule has 1 aromatic heterocycles. The van der Waals surface area contributed by atoms with Crippen molar-refractivity contribution in [1.82, 2.24) is 14.9 Å². The van der Waals surface area contributed by atoms with Crippen LogP contribution in [0.15, 0.2) is 47.4 Å². The van der Waals surface area contributed by atoms with Crippen molar-refractivity contribution in [3.63, 3.8) is 0 Å². The number of thioether (sulfide) groups is 1. The molecular weight excluding hydrogens is 342 g/mol. The van der Waals surface area contributed by atoms with Crippen LogP contribution in [0.25, 0.3) is 11.0 Å². The van der Waals surface area contributed by atoms with Gasteiger partial charge in [0.2, 0.25) is 0 Å². The van der Waals surface area contributed by atoms with E-state index in [0.717, 1.165) is 58.8 Å². The molecule has 1 N–H and O–H groups in total. The molecule has 0 atom stereocenters. The topological polar surface area (TPSA) is 49.0 Å². The molecule has 2 aromatic carbocycles. The van der Waals surface area contributed by atoms with Gasteiger partial charge in [-0.2, -0.15) is 0 Å². The van der Waals surface area contributed by atoms with E-state index in [2.05, 4.69) is 17.1 Å². The number of hydrogen-bond acceptors (Lipinski definition) is 3. The molecule has 0 spiro atoms. The number of carbonyl (C=O) groups excluding carboxylic acids is 1. The number of hydrogen-bond donors (Lipinski definition) is 1. The zero-order valence-corrected chi connectivity index (χ0v) is 16.0. The summed E-state index contributed by atoms with van der Waals surface area (Å²) in [5.74, 6) is 1.60.